The van der Waals surface area contributed by atoms with Crippen molar-refractivity contribution in [3.05, 3.63) is 76.5 Å². The van der Waals surface area contributed by atoms with Crippen LogP contribution in [0.25, 0.3) is 6.08 Å². The van der Waals surface area contributed by atoms with Gasteiger partial charge in [-0.2, -0.15) is 20.8 Å². The molecule has 1 aromatic heterocycles. The topological polar surface area (TPSA) is 60.3 Å². The fourth-order valence-corrected chi connectivity index (χ4v) is 2.74. The second-order valence-corrected chi connectivity index (χ2v) is 6.20. The van der Waals surface area contributed by atoms with Crippen molar-refractivity contribution in [2.24, 2.45) is 10.2 Å². The smallest absolute Gasteiger partial charge is 0.336 e. The lowest BCUT2D eigenvalue weighted by Crippen LogP contribution is -2.06. The van der Waals surface area contributed by atoms with Gasteiger partial charge in [0.2, 0.25) is 5.82 Å². The van der Waals surface area contributed by atoms with Crippen LogP contribution in [-0.4, -0.2) is 13.1 Å². The minimum atomic E-state index is -1.32. The van der Waals surface area contributed by atoms with Crippen LogP contribution in [0.5, 0.6) is 11.5 Å². The maximum Gasteiger partial charge on any atom is 0.336 e. The van der Waals surface area contributed by atoms with Gasteiger partial charge in [-0.1, -0.05) is 0 Å². The van der Waals surface area contributed by atoms with Crippen LogP contribution in [0.2, 0.25) is 0 Å². The number of methoxy groups -OCH3 is 1. The second kappa shape index (κ2) is 9.01. The quantitative estimate of drug-likeness (QED) is 0.218. The average Bonchev–Trinajstić information content (AvgIpc) is 3.23. The number of rotatable bonds is 6. The van der Waals surface area contributed by atoms with E-state index in [1.807, 2.05) is 10.8 Å². The van der Waals surface area contributed by atoms with Gasteiger partial charge in [-0.25, -0.2) is 9.18 Å². The summed E-state index contributed by atoms with van der Waals surface area (Å²) in [5.41, 5.74) is 0.930. The van der Waals surface area contributed by atoms with Crippen molar-refractivity contribution in [3.63, 3.8) is 0 Å². The minimum absolute atomic E-state index is 0.318. The molecule has 8 heteroatoms. The van der Waals surface area contributed by atoms with E-state index in [0.29, 0.717) is 11.4 Å². The molecule has 0 aliphatic heterocycles. The summed E-state index contributed by atoms with van der Waals surface area (Å²) in [7, 11) is 1.53. The molecule has 0 amide bonds. The van der Waals surface area contributed by atoms with Gasteiger partial charge in [-0.3, -0.25) is 0 Å². The molecule has 0 saturated carbocycles. The molecule has 0 atom stereocenters. The summed E-state index contributed by atoms with van der Waals surface area (Å²) >= 11 is 1.47. The molecule has 3 aromatic rings. The third-order valence-electron chi connectivity index (χ3n) is 3.54. The van der Waals surface area contributed by atoms with Crippen molar-refractivity contribution in [3.8, 4) is 11.5 Å². The van der Waals surface area contributed by atoms with Crippen LogP contribution in [0.4, 0.5) is 20.2 Å². The lowest BCUT2D eigenvalue weighted by atomic mass is 10.2. The highest BCUT2D eigenvalue weighted by Crippen LogP contribution is 2.29. The first-order chi connectivity index (χ1) is 13.6. The Hall–Kier alpha value is -3.39. The fourth-order valence-electron chi connectivity index (χ4n) is 2.11. The van der Waals surface area contributed by atoms with Crippen molar-refractivity contribution < 1.29 is 23.0 Å². The Labute approximate surface area is 163 Å². The van der Waals surface area contributed by atoms with Gasteiger partial charge in [0, 0.05) is 6.08 Å². The standard InChI is InChI=1S/C20H14F2N2O3S/c1-26-15-5-3-14(4-6-15)23-24-16-7-8-17(20(22)19(16)21)27-18(25)9-2-13-10-11-28-12-13/h2-12H,1H3/b9-2+,24-23?. The summed E-state index contributed by atoms with van der Waals surface area (Å²) in [5, 5.41) is 11.2. The molecule has 0 radical (unpaired) electrons. The lowest BCUT2D eigenvalue weighted by molar-refractivity contribution is -0.129. The molecule has 1 heterocycles. The number of esters is 1. The van der Waals surface area contributed by atoms with Gasteiger partial charge in [0.15, 0.2) is 11.6 Å². The summed E-state index contributed by atoms with van der Waals surface area (Å²) in [6.07, 6.45) is 2.65. The molecule has 0 N–H and O–H groups in total. The van der Waals surface area contributed by atoms with E-state index < -0.39 is 23.4 Å². The van der Waals surface area contributed by atoms with E-state index in [9.17, 15) is 13.6 Å². The van der Waals surface area contributed by atoms with Gasteiger partial charge >= 0.3 is 5.97 Å². The number of hydrogen-bond acceptors (Lipinski definition) is 6. The summed E-state index contributed by atoms with van der Waals surface area (Å²) in [6, 6.07) is 10.7. The number of ether oxygens (including phenoxy) is 2. The molecule has 0 saturated heterocycles. The molecule has 0 aliphatic rings. The van der Waals surface area contributed by atoms with Crippen LogP contribution in [-0.2, 0) is 4.79 Å². The van der Waals surface area contributed by atoms with Gasteiger partial charge in [0.05, 0.1) is 12.8 Å². The van der Waals surface area contributed by atoms with Crippen LogP contribution in [0.3, 0.4) is 0 Å². The van der Waals surface area contributed by atoms with E-state index in [4.69, 9.17) is 9.47 Å². The van der Waals surface area contributed by atoms with Gasteiger partial charge in [0.1, 0.15) is 11.4 Å². The lowest BCUT2D eigenvalue weighted by Gasteiger charge is -2.05. The summed E-state index contributed by atoms with van der Waals surface area (Å²) in [5.74, 6) is -3.29. The number of nitrogens with zero attached hydrogens (tertiary/aromatic N) is 2. The van der Waals surface area contributed by atoms with Crippen molar-refractivity contribution in [1.29, 1.82) is 0 Å². The van der Waals surface area contributed by atoms with E-state index in [0.717, 1.165) is 17.7 Å². The number of hydrogen-bond donors (Lipinski definition) is 0. The predicted octanol–water partition coefficient (Wildman–Crippen LogP) is 6.07. The van der Waals surface area contributed by atoms with Crippen molar-refractivity contribution >= 4 is 34.8 Å². The second-order valence-electron chi connectivity index (χ2n) is 5.42. The van der Waals surface area contributed by atoms with Gasteiger partial charge in [0.25, 0.3) is 0 Å². The fraction of sp³-hybridized carbons (Fsp3) is 0.0500. The largest absolute Gasteiger partial charge is 0.497 e. The molecule has 0 bridgehead atoms. The van der Waals surface area contributed by atoms with Gasteiger partial charge in [-0.05, 0) is 64.9 Å². The monoisotopic (exact) mass is 400 g/mol. The Balaban J connectivity index is 1.71. The van der Waals surface area contributed by atoms with E-state index >= 15 is 0 Å². The van der Waals surface area contributed by atoms with Crippen LogP contribution in [0.1, 0.15) is 5.56 Å². The molecule has 28 heavy (non-hydrogen) atoms. The van der Waals surface area contributed by atoms with E-state index in [1.54, 1.807) is 30.3 Å². The van der Waals surface area contributed by atoms with E-state index in [2.05, 4.69) is 10.2 Å². The molecular weight excluding hydrogens is 386 g/mol. The molecule has 3 rings (SSSR count). The van der Waals surface area contributed by atoms with Crippen LogP contribution in [0, 0.1) is 11.6 Å². The molecular formula is C20H14F2N2O3S. The SMILES string of the molecule is COc1ccc(N=Nc2ccc(OC(=O)/C=C/c3ccsc3)c(F)c2F)cc1. The highest BCUT2D eigenvalue weighted by Gasteiger charge is 2.16. The number of thiophene rings is 1. The number of benzene rings is 2. The molecule has 2 aromatic carbocycles. The van der Waals surface area contributed by atoms with Crippen LogP contribution >= 0.6 is 11.3 Å². The Kier molecular flexibility index (Phi) is 6.23. The number of azo groups is 1. The Bertz CT molecular complexity index is 1020. The molecule has 0 unspecified atom stereocenters. The molecule has 0 fully saturated rings. The van der Waals surface area contributed by atoms with Gasteiger partial charge < -0.3 is 9.47 Å². The van der Waals surface area contributed by atoms with Crippen molar-refractivity contribution in [2.75, 3.05) is 7.11 Å². The summed E-state index contributed by atoms with van der Waals surface area (Å²) < 4.78 is 38.2. The predicted molar refractivity (Wildman–Crippen MR) is 103 cm³/mol. The number of halogens is 2. The van der Waals surface area contributed by atoms with E-state index in [-0.39, 0.29) is 5.69 Å². The Morgan fingerprint density at radius 3 is 2.50 bits per heavy atom. The minimum Gasteiger partial charge on any atom is -0.497 e. The summed E-state index contributed by atoms with van der Waals surface area (Å²) in [4.78, 5) is 11.8. The maximum atomic E-state index is 14.2. The normalized spacial score (nSPS) is 11.2. The highest BCUT2D eigenvalue weighted by atomic mass is 32.1. The highest BCUT2D eigenvalue weighted by molar-refractivity contribution is 7.08. The molecule has 5 nitrogen and oxygen atoms in total. The average molecular weight is 400 g/mol. The first-order valence-electron chi connectivity index (χ1n) is 8.02. The number of carbonyl (C=O) groups excluding carboxylic acids is 1. The van der Waals surface area contributed by atoms with E-state index in [1.165, 1.54) is 30.6 Å². The first kappa shape index (κ1) is 19.4. The van der Waals surface area contributed by atoms with Crippen LogP contribution < -0.4 is 9.47 Å². The van der Waals surface area contributed by atoms with Crippen molar-refractivity contribution in [2.45, 2.75) is 0 Å². The maximum absolute atomic E-state index is 14.2. The zero-order valence-corrected chi connectivity index (χ0v) is 15.5. The Morgan fingerprint density at radius 2 is 1.82 bits per heavy atom. The van der Waals surface area contributed by atoms with Gasteiger partial charge in [-0.15, -0.1) is 5.11 Å². The molecule has 142 valence electrons. The summed E-state index contributed by atoms with van der Waals surface area (Å²) in [6.45, 7) is 0. The van der Waals surface area contributed by atoms with Crippen molar-refractivity contribution in [1.82, 2.24) is 0 Å². The first-order valence-corrected chi connectivity index (χ1v) is 8.97. The third-order valence-corrected chi connectivity index (χ3v) is 4.24. The Morgan fingerprint density at radius 1 is 1.04 bits per heavy atom. The third kappa shape index (κ3) is 4.86. The number of carbonyl (C=O) groups is 1. The molecule has 0 spiro atoms. The zero-order valence-electron chi connectivity index (χ0n) is 14.6. The molecule has 0 aliphatic carbocycles. The van der Waals surface area contributed by atoms with Crippen LogP contribution in [0.15, 0.2) is 69.5 Å². The zero-order chi connectivity index (χ0) is 19.9.